The van der Waals surface area contributed by atoms with Crippen molar-refractivity contribution >= 4 is 5.82 Å². The van der Waals surface area contributed by atoms with Gasteiger partial charge in [-0.25, -0.2) is 9.97 Å². The van der Waals surface area contributed by atoms with Crippen molar-refractivity contribution < 1.29 is 9.84 Å². The van der Waals surface area contributed by atoms with Crippen molar-refractivity contribution in [2.75, 3.05) is 19.0 Å². The van der Waals surface area contributed by atoms with Crippen LogP contribution in [0.15, 0.2) is 42.7 Å². The molecule has 1 aromatic heterocycles. The van der Waals surface area contributed by atoms with Crippen LogP contribution < -0.4 is 10.1 Å². The Balaban J connectivity index is 1.95. The summed E-state index contributed by atoms with van der Waals surface area (Å²) in [5.41, 5.74) is 0.867. The molecule has 0 radical (unpaired) electrons. The van der Waals surface area contributed by atoms with Gasteiger partial charge in [-0.3, -0.25) is 0 Å². The summed E-state index contributed by atoms with van der Waals surface area (Å²) in [5.74, 6) is 1.11. The molecule has 0 saturated heterocycles. The van der Waals surface area contributed by atoms with Crippen molar-refractivity contribution in [2.45, 2.75) is 6.10 Å². The Morgan fingerprint density at radius 1 is 1.28 bits per heavy atom. The van der Waals surface area contributed by atoms with E-state index in [-0.39, 0.29) is 0 Å². The van der Waals surface area contributed by atoms with Gasteiger partial charge in [0.1, 0.15) is 12.1 Å². The number of hydrogen-bond donors (Lipinski definition) is 2. The maximum atomic E-state index is 9.97. The van der Waals surface area contributed by atoms with Crippen molar-refractivity contribution in [1.29, 1.82) is 0 Å². The van der Waals surface area contributed by atoms with E-state index >= 15 is 0 Å². The van der Waals surface area contributed by atoms with Crippen molar-refractivity contribution in [1.82, 2.24) is 9.97 Å². The molecule has 94 valence electrons. The molecule has 0 saturated carbocycles. The zero-order chi connectivity index (χ0) is 12.8. The van der Waals surface area contributed by atoms with Crippen LogP contribution in [0.1, 0.15) is 11.7 Å². The van der Waals surface area contributed by atoms with Gasteiger partial charge in [-0.2, -0.15) is 0 Å². The van der Waals surface area contributed by atoms with E-state index in [1.807, 2.05) is 30.3 Å². The molecule has 1 unspecified atom stereocenters. The molecule has 0 aliphatic rings. The number of aromatic nitrogens is 2. The number of benzene rings is 1. The second-order valence-corrected chi connectivity index (χ2v) is 3.75. The molecule has 2 aromatic rings. The number of aliphatic hydroxyl groups is 1. The van der Waals surface area contributed by atoms with Gasteiger partial charge in [-0.1, -0.05) is 30.3 Å². The summed E-state index contributed by atoms with van der Waals surface area (Å²) >= 11 is 0. The molecular weight excluding hydrogens is 230 g/mol. The van der Waals surface area contributed by atoms with E-state index in [9.17, 15) is 5.11 Å². The monoisotopic (exact) mass is 245 g/mol. The minimum absolute atomic E-state index is 0.379. The predicted octanol–water partition coefficient (Wildman–Crippen LogP) is 1.63. The second kappa shape index (κ2) is 5.97. The zero-order valence-corrected chi connectivity index (χ0v) is 10.1. The molecule has 0 fully saturated rings. The van der Waals surface area contributed by atoms with Gasteiger partial charge in [0.15, 0.2) is 0 Å². The van der Waals surface area contributed by atoms with Gasteiger partial charge in [0.25, 0.3) is 0 Å². The fourth-order valence-corrected chi connectivity index (χ4v) is 1.54. The Labute approximate surface area is 105 Å². The van der Waals surface area contributed by atoms with E-state index in [2.05, 4.69) is 15.3 Å². The molecule has 0 aliphatic carbocycles. The Bertz CT molecular complexity index is 491. The quantitative estimate of drug-likeness (QED) is 0.838. The van der Waals surface area contributed by atoms with Crippen LogP contribution in [0.2, 0.25) is 0 Å². The molecule has 1 atom stereocenters. The van der Waals surface area contributed by atoms with E-state index in [0.29, 0.717) is 18.2 Å². The number of nitrogens with zero attached hydrogens (tertiary/aromatic N) is 2. The van der Waals surface area contributed by atoms with Crippen molar-refractivity contribution in [3.05, 3.63) is 48.3 Å². The first-order valence-corrected chi connectivity index (χ1v) is 5.62. The highest BCUT2D eigenvalue weighted by Gasteiger charge is 2.07. The average Bonchev–Trinajstić information content (AvgIpc) is 2.46. The van der Waals surface area contributed by atoms with Crippen LogP contribution in [0, 0.1) is 0 Å². The molecule has 0 spiro atoms. The lowest BCUT2D eigenvalue weighted by Gasteiger charge is -2.12. The highest BCUT2D eigenvalue weighted by molar-refractivity contribution is 5.37. The summed E-state index contributed by atoms with van der Waals surface area (Å²) in [5, 5.41) is 13.0. The van der Waals surface area contributed by atoms with Gasteiger partial charge in [0.05, 0.1) is 13.2 Å². The fourth-order valence-electron chi connectivity index (χ4n) is 1.54. The first-order chi connectivity index (χ1) is 8.79. The summed E-state index contributed by atoms with van der Waals surface area (Å²) in [6, 6.07) is 11.1. The molecule has 18 heavy (non-hydrogen) atoms. The van der Waals surface area contributed by atoms with E-state index < -0.39 is 6.10 Å². The summed E-state index contributed by atoms with van der Waals surface area (Å²) in [4.78, 5) is 7.95. The lowest BCUT2D eigenvalue weighted by Crippen LogP contribution is -2.13. The predicted molar refractivity (Wildman–Crippen MR) is 68.5 cm³/mol. The fraction of sp³-hybridized carbons (Fsp3) is 0.231. The number of hydrogen-bond acceptors (Lipinski definition) is 5. The third kappa shape index (κ3) is 3.18. The Hall–Kier alpha value is -2.14. The van der Waals surface area contributed by atoms with Crippen LogP contribution in [0.3, 0.4) is 0 Å². The second-order valence-electron chi connectivity index (χ2n) is 3.75. The minimum Gasteiger partial charge on any atom is -0.481 e. The SMILES string of the molecule is COc1cc(NCC(O)c2ccccc2)ncn1. The van der Waals surface area contributed by atoms with Crippen molar-refractivity contribution in [2.24, 2.45) is 0 Å². The lowest BCUT2D eigenvalue weighted by molar-refractivity contribution is 0.191. The number of rotatable bonds is 5. The van der Waals surface area contributed by atoms with Gasteiger partial charge in [-0.05, 0) is 5.56 Å². The third-order valence-electron chi connectivity index (χ3n) is 2.51. The van der Waals surface area contributed by atoms with Crippen LogP contribution in [0.4, 0.5) is 5.82 Å². The number of anilines is 1. The zero-order valence-electron chi connectivity index (χ0n) is 10.1. The normalized spacial score (nSPS) is 11.9. The molecule has 5 nitrogen and oxygen atoms in total. The van der Waals surface area contributed by atoms with Crippen molar-refractivity contribution in [3.8, 4) is 5.88 Å². The third-order valence-corrected chi connectivity index (χ3v) is 2.51. The summed E-state index contributed by atoms with van der Waals surface area (Å²) in [6.45, 7) is 0.379. The Morgan fingerprint density at radius 2 is 2.06 bits per heavy atom. The van der Waals surface area contributed by atoms with E-state index in [0.717, 1.165) is 5.56 Å². The van der Waals surface area contributed by atoms with Crippen LogP contribution in [-0.2, 0) is 0 Å². The average molecular weight is 245 g/mol. The van der Waals surface area contributed by atoms with Gasteiger partial charge < -0.3 is 15.2 Å². The largest absolute Gasteiger partial charge is 0.481 e. The van der Waals surface area contributed by atoms with E-state index in [1.54, 1.807) is 13.2 Å². The maximum Gasteiger partial charge on any atom is 0.218 e. The first-order valence-electron chi connectivity index (χ1n) is 5.62. The number of nitrogens with one attached hydrogen (secondary N) is 1. The highest BCUT2D eigenvalue weighted by atomic mass is 16.5. The lowest BCUT2D eigenvalue weighted by atomic mass is 10.1. The van der Waals surface area contributed by atoms with E-state index in [1.165, 1.54) is 6.33 Å². The summed E-state index contributed by atoms with van der Waals surface area (Å²) < 4.78 is 4.99. The van der Waals surface area contributed by atoms with Gasteiger partial charge in [-0.15, -0.1) is 0 Å². The van der Waals surface area contributed by atoms with Gasteiger partial charge in [0.2, 0.25) is 5.88 Å². The number of aliphatic hydroxyl groups excluding tert-OH is 1. The maximum absolute atomic E-state index is 9.97. The topological polar surface area (TPSA) is 67.3 Å². The molecule has 2 rings (SSSR count). The molecule has 1 aromatic carbocycles. The standard InChI is InChI=1S/C13H15N3O2/c1-18-13-7-12(15-9-16-13)14-8-11(17)10-5-3-2-4-6-10/h2-7,9,11,17H,8H2,1H3,(H,14,15,16). The summed E-state index contributed by atoms with van der Waals surface area (Å²) in [7, 11) is 1.55. The molecule has 5 heteroatoms. The highest BCUT2D eigenvalue weighted by Crippen LogP contribution is 2.14. The number of methoxy groups -OCH3 is 1. The Morgan fingerprint density at radius 3 is 2.78 bits per heavy atom. The molecule has 0 amide bonds. The Kier molecular flexibility index (Phi) is 4.09. The van der Waals surface area contributed by atoms with Crippen LogP contribution in [0.5, 0.6) is 5.88 Å². The molecule has 0 bridgehead atoms. The number of ether oxygens (including phenoxy) is 1. The smallest absolute Gasteiger partial charge is 0.218 e. The van der Waals surface area contributed by atoms with Crippen LogP contribution >= 0.6 is 0 Å². The molecule has 1 heterocycles. The van der Waals surface area contributed by atoms with E-state index in [4.69, 9.17) is 4.74 Å². The minimum atomic E-state index is -0.577. The van der Waals surface area contributed by atoms with Crippen molar-refractivity contribution in [3.63, 3.8) is 0 Å². The first kappa shape index (κ1) is 12.3. The van der Waals surface area contributed by atoms with Gasteiger partial charge in [0, 0.05) is 12.6 Å². The molecular formula is C13H15N3O2. The molecule has 0 aliphatic heterocycles. The summed E-state index contributed by atoms with van der Waals surface area (Å²) in [6.07, 6.45) is 0.836. The molecule has 2 N–H and O–H groups in total. The van der Waals surface area contributed by atoms with Gasteiger partial charge >= 0.3 is 0 Å². The van der Waals surface area contributed by atoms with Crippen LogP contribution in [-0.4, -0.2) is 28.7 Å². The van der Waals surface area contributed by atoms with Crippen LogP contribution in [0.25, 0.3) is 0 Å².